The summed E-state index contributed by atoms with van der Waals surface area (Å²) in [4.78, 5) is 11.6. The van der Waals surface area contributed by atoms with Crippen molar-refractivity contribution in [2.24, 2.45) is 5.92 Å². The van der Waals surface area contributed by atoms with Gasteiger partial charge in [-0.15, -0.1) is 0 Å². The SMILES string of the molecule is Cc1cccc(OCCC(=O)NCC(C)CCO)c1C. The Bertz CT molecular complexity index is 432. The fraction of sp³-hybridized carbons (Fsp3) is 0.562. The standard InChI is InChI=1S/C16H25NO3/c1-12(7-9-18)11-17-16(19)8-10-20-15-6-4-5-13(2)14(15)3/h4-6,12,18H,7-11H2,1-3H3,(H,17,19). The van der Waals surface area contributed by atoms with Crippen LogP contribution in [0.3, 0.4) is 0 Å². The number of aryl methyl sites for hydroxylation is 1. The van der Waals surface area contributed by atoms with Crippen LogP contribution in [0.1, 0.15) is 30.9 Å². The van der Waals surface area contributed by atoms with Gasteiger partial charge in [-0.1, -0.05) is 19.1 Å². The number of amides is 1. The summed E-state index contributed by atoms with van der Waals surface area (Å²) in [6, 6.07) is 5.91. The number of ether oxygens (including phenoxy) is 1. The van der Waals surface area contributed by atoms with Crippen molar-refractivity contribution in [3.05, 3.63) is 29.3 Å². The maximum Gasteiger partial charge on any atom is 0.223 e. The largest absolute Gasteiger partial charge is 0.493 e. The maximum absolute atomic E-state index is 11.6. The molecule has 0 aliphatic heterocycles. The van der Waals surface area contributed by atoms with Gasteiger partial charge >= 0.3 is 0 Å². The van der Waals surface area contributed by atoms with E-state index in [1.807, 2.05) is 39.0 Å². The van der Waals surface area contributed by atoms with Crippen molar-refractivity contribution in [1.82, 2.24) is 5.32 Å². The minimum absolute atomic E-state index is 0.0138. The maximum atomic E-state index is 11.6. The molecule has 0 aliphatic carbocycles. The van der Waals surface area contributed by atoms with E-state index in [4.69, 9.17) is 9.84 Å². The Labute approximate surface area is 121 Å². The molecule has 0 heterocycles. The van der Waals surface area contributed by atoms with E-state index in [1.165, 1.54) is 5.56 Å². The van der Waals surface area contributed by atoms with E-state index in [1.54, 1.807) is 0 Å². The molecule has 0 bridgehead atoms. The van der Waals surface area contributed by atoms with Gasteiger partial charge in [0.1, 0.15) is 5.75 Å². The molecule has 0 radical (unpaired) electrons. The van der Waals surface area contributed by atoms with Crippen LogP contribution in [-0.4, -0.2) is 30.8 Å². The lowest BCUT2D eigenvalue weighted by Gasteiger charge is -2.12. The molecule has 0 fully saturated rings. The summed E-state index contributed by atoms with van der Waals surface area (Å²) in [6.45, 7) is 7.20. The summed E-state index contributed by atoms with van der Waals surface area (Å²) in [6.07, 6.45) is 1.05. The van der Waals surface area contributed by atoms with Gasteiger partial charge in [-0.05, 0) is 43.4 Å². The zero-order valence-electron chi connectivity index (χ0n) is 12.6. The molecule has 0 aliphatic rings. The van der Waals surface area contributed by atoms with Gasteiger partial charge in [0.15, 0.2) is 0 Å². The second-order valence-electron chi connectivity index (χ2n) is 5.22. The van der Waals surface area contributed by atoms with Crippen molar-refractivity contribution in [2.75, 3.05) is 19.8 Å². The van der Waals surface area contributed by atoms with Crippen LogP contribution in [0.5, 0.6) is 5.75 Å². The normalized spacial score (nSPS) is 12.0. The van der Waals surface area contributed by atoms with E-state index in [0.29, 0.717) is 31.9 Å². The summed E-state index contributed by atoms with van der Waals surface area (Å²) >= 11 is 0. The quantitative estimate of drug-likeness (QED) is 0.767. The van der Waals surface area contributed by atoms with Gasteiger partial charge in [-0.3, -0.25) is 4.79 Å². The number of rotatable bonds is 8. The van der Waals surface area contributed by atoms with E-state index in [9.17, 15) is 4.79 Å². The van der Waals surface area contributed by atoms with Crippen LogP contribution in [-0.2, 0) is 4.79 Å². The summed E-state index contributed by atoms with van der Waals surface area (Å²) in [7, 11) is 0. The molecule has 4 nitrogen and oxygen atoms in total. The molecule has 1 unspecified atom stereocenters. The molecular weight excluding hydrogens is 254 g/mol. The first-order chi connectivity index (χ1) is 9.54. The Kier molecular flexibility index (Phi) is 7.09. The smallest absolute Gasteiger partial charge is 0.223 e. The average Bonchev–Trinajstić information content (AvgIpc) is 2.41. The number of hydrogen-bond donors (Lipinski definition) is 2. The van der Waals surface area contributed by atoms with Crippen molar-refractivity contribution in [2.45, 2.75) is 33.6 Å². The Balaban J connectivity index is 2.26. The summed E-state index contributed by atoms with van der Waals surface area (Å²) in [5, 5.41) is 11.6. The zero-order chi connectivity index (χ0) is 15.0. The van der Waals surface area contributed by atoms with Gasteiger partial charge in [-0.2, -0.15) is 0 Å². The van der Waals surface area contributed by atoms with E-state index in [2.05, 4.69) is 5.32 Å². The van der Waals surface area contributed by atoms with Crippen LogP contribution < -0.4 is 10.1 Å². The highest BCUT2D eigenvalue weighted by Crippen LogP contribution is 2.20. The lowest BCUT2D eigenvalue weighted by atomic mass is 10.1. The fourth-order valence-corrected chi connectivity index (χ4v) is 1.83. The van der Waals surface area contributed by atoms with E-state index >= 15 is 0 Å². The molecule has 0 aromatic heterocycles. The minimum Gasteiger partial charge on any atom is -0.493 e. The third-order valence-electron chi connectivity index (χ3n) is 3.41. The Morgan fingerprint density at radius 2 is 2.15 bits per heavy atom. The van der Waals surface area contributed by atoms with Crippen LogP contribution >= 0.6 is 0 Å². The summed E-state index contributed by atoms with van der Waals surface area (Å²) in [5.74, 6) is 1.12. The number of aliphatic hydroxyl groups is 1. The number of benzene rings is 1. The van der Waals surface area contributed by atoms with Crippen molar-refractivity contribution >= 4 is 5.91 Å². The highest BCUT2D eigenvalue weighted by Gasteiger charge is 2.06. The van der Waals surface area contributed by atoms with Crippen molar-refractivity contribution in [3.63, 3.8) is 0 Å². The van der Waals surface area contributed by atoms with E-state index in [0.717, 1.165) is 11.3 Å². The van der Waals surface area contributed by atoms with E-state index < -0.39 is 0 Å². The van der Waals surface area contributed by atoms with Gasteiger partial charge in [-0.25, -0.2) is 0 Å². The minimum atomic E-state index is -0.0138. The first kappa shape index (κ1) is 16.5. The molecule has 112 valence electrons. The zero-order valence-corrected chi connectivity index (χ0v) is 12.6. The molecule has 1 amide bonds. The Morgan fingerprint density at radius 3 is 2.85 bits per heavy atom. The van der Waals surface area contributed by atoms with Gasteiger partial charge in [0.05, 0.1) is 13.0 Å². The van der Waals surface area contributed by atoms with E-state index in [-0.39, 0.29) is 12.5 Å². The predicted octanol–water partition coefficient (Wildman–Crippen LogP) is 2.21. The number of carbonyl (C=O) groups excluding carboxylic acids is 1. The van der Waals surface area contributed by atoms with Crippen molar-refractivity contribution in [3.8, 4) is 5.75 Å². The number of hydrogen-bond acceptors (Lipinski definition) is 3. The molecule has 1 atom stereocenters. The second-order valence-corrected chi connectivity index (χ2v) is 5.22. The molecular formula is C16H25NO3. The topological polar surface area (TPSA) is 58.6 Å². The van der Waals surface area contributed by atoms with Crippen molar-refractivity contribution in [1.29, 1.82) is 0 Å². The van der Waals surface area contributed by atoms with Gasteiger partial charge in [0, 0.05) is 13.2 Å². The number of aliphatic hydroxyl groups excluding tert-OH is 1. The Hall–Kier alpha value is -1.55. The van der Waals surface area contributed by atoms with Crippen LogP contribution in [0.15, 0.2) is 18.2 Å². The number of carbonyl (C=O) groups is 1. The average molecular weight is 279 g/mol. The first-order valence-electron chi connectivity index (χ1n) is 7.11. The van der Waals surface area contributed by atoms with Crippen LogP contribution in [0.4, 0.5) is 0 Å². The molecule has 0 saturated heterocycles. The predicted molar refractivity (Wildman–Crippen MR) is 79.9 cm³/mol. The molecule has 0 saturated carbocycles. The molecule has 1 rings (SSSR count). The molecule has 1 aromatic rings. The summed E-state index contributed by atoms with van der Waals surface area (Å²) < 4.78 is 5.64. The highest BCUT2D eigenvalue weighted by atomic mass is 16.5. The van der Waals surface area contributed by atoms with Crippen LogP contribution in [0, 0.1) is 19.8 Å². The number of nitrogens with one attached hydrogen (secondary N) is 1. The van der Waals surface area contributed by atoms with Gasteiger partial charge in [0.2, 0.25) is 5.91 Å². The Morgan fingerprint density at radius 1 is 1.40 bits per heavy atom. The fourth-order valence-electron chi connectivity index (χ4n) is 1.83. The lowest BCUT2D eigenvalue weighted by Crippen LogP contribution is -2.29. The van der Waals surface area contributed by atoms with Crippen molar-refractivity contribution < 1.29 is 14.6 Å². The molecule has 1 aromatic carbocycles. The third kappa shape index (κ3) is 5.61. The van der Waals surface area contributed by atoms with Crippen LogP contribution in [0.2, 0.25) is 0 Å². The lowest BCUT2D eigenvalue weighted by molar-refractivity contribution is -0.121. The first-order valence-corrected chi connectivity index (χ1v) is 7.11. The summed E-state index contributed by atoms with van der Waals surface area (Å²) in [5.41, 5.74) is 2.30. The second kappa shape index (κ2) is 8.59. The monoisotopic (exact) mass is 279 g/mol. The van der Waals surface area contributed by atoms with Gasteiger partial charge < -0.3 is 15.2 Å². The molecule has 20 heavy (non-hydrogen) atoms. The molecule has 0 spiro atoms. The molecule has 4 heteroatoms. The highest BCUT2D eigenvalue weighted by molar-refractivity contribution is 5.75. The van der Waals surface area contributed by atoms with Crippen LogP contribution in [0.25, 0.3) is 0 Å². The third-order valence-corrected chi connectivity index (χ3v) is 3.41. The van der Waals surface area contributed by atoms with Gasteiger partial charge in [0.25, 0.3) is 0 Å². The molecule has 2 N–H and O–H groups in total.